The number of hydrogen-bond acceptors (Lipinski definition) is 4. The van der Waals surface area contributed by atoms with Crippen LogP contribution in [0.2, 0.25) is 0 Å². The number of nitrogens with zero attached hydrogens (tertiary/aromatic N) is 2. The molecule has 0 spiro atoms. The van der Waals surface area contributed by atoms with Gasteiger partial charge in [0.15, 0.2) is 5.82 Å². The first-order chi connectivity index (χ1) is 15.7. The van der Waals surface area contributed by atoms with Crippen molar-refractivity contribution in [1.29, 1.82) is 0 Å². The number of hydrogen-bond donors (Lipinski definition) is 2. The second kappa shape index (κ2) is 10.8. The minimum Gasteiger partial charge on any atom is -0.392 e. The van der Waals surface area contributed by atoms with Crippen molar-refractivity contribution in [1.82, 2.24) is 9.97 Å². The fourth-order valence-corrected chi connectivity index (χ4v) is 4.11. The molecule has 32 heavy (non-hydrogen) atoms. The van der Waals surface area contributed by atoms with E-state index in [0.29, 0.717) is 29.5 Å². The molecule has 1 amide bonds. The molecule has 0 radical (unpaired) electrons. The van der Waals surface area contributed by atoms with Crippen LogP contribution in [0.15, 0.2) is 60.8 Å². The van der Waals surface area contributed by atoms with Gasteiger partial charge in [0, 0.05) is 12.0 Å². The lowest BCUT2D eigenvalue weighted by molar-refractivity contribution is -0.117. The third-order valence-electron chi connectivity index (χ3n) is 5.92. The predicted molar refractivity (Wildman–Crippen MR) is 129 cm³/mol. The third-order valence-corrected chi connectivity index (χ3v) is 5.92. The van der Waals surface area contributed by atoms with Crippen LogP contribution in [0.4, 0.5) is 5.82 Å². The number of anilines is 1. The molecule has 2 aromatic carbocycles. The Morgan fingerprint density at radius 2 is 1.75 bits per heavy atom. The molecule has 0 bridgehead atoms. The maximum absolute atomic E-state index is 12.7. The minimum absolute atomic E-state index is 0.000565. The summed E-state index contributed by atoms with van der Waals surface area (Å²) in [6.07, 6.45) is 12.0. The van der Waals surface area contributed by atoms with Crippen LogP contribution in [0, 0.1) is 5.92 Å². The van der Waals surface area contributed by atoms with Crippen LogP contribution in [0.25, 0.3) is 23.4 Å². The van der Waals surface area contributed by atoms with E-state index in [9.17, 15) is 9.90 Å². The van der Waals surface area contributed by atoms with Gasteiger partial charge in [-0.15, -0.1) is 0 Å². The van der Waals surface area contributed by atoms with Crippen molar-refractivity contribution in [2.24, 2.45) is 5.92 Å². The Morgan fingerprint density at radius 1 is 1.00 bits per heavy atom. The Morgan fingerprint density at radius 3 is 2.47 bits per heavy atom. The van der Waals surface area contributed by atoms with Crippen LogP contribution < -0.4 is 5.32 Å². The van der Waals surface area contributed by atoms with Crippen molar-refractivity contribution in [2.75, 3.05) is 5.32 Å². The maximum Gasteiger partial charge on any atom is 0.225 e. The summed E-state index contributed by atoms with van der Waals surface area (Å²) in [6, 6.07) is 17.6. The van der Waals surface area contributed by atoms with Gasteiger partial charge in [0.2, 0.25) is 5.91 Å². The molecule has 0 saturated heterocycles. The summed E-state index contributed by atoms with van der Waals surface area (Å²) in [4.78, 5) is 22.0. The third kappa shape index (κ3) is 5.89. The highest BCUT2D eigenvalue weighted by atomic mass is 16.3. The Kier molecular flexibility index (Phi) is 7.41. The van der Waals surface area contributed by atoms with Gasteiger partial charge in [0.25, 0.3) is 0 Å². The molecule has 1 aliphatic carbocycles. The Bertz CT molecular complexity index is 1060. The predicted octanol–water partition coefficient (Wildman–Crippen LogP) is 5.72. The van der Waals surface area contributed by atoms with Crippen LogP contribution in [-0.4, -0.2) is 21.0 Å². The zero-order chi connectivity index (χ0) is 22.2. The lowest BCUT2D eigenvalue weighted by Crippen LogP contribution is -2.19. The van der Waals surface area contributed by atoms with Crippen molar-refractivity contribution in [2.45, 2.75) is 45.1 Å². The zero-order valence-corrected chi connectivity index (χ0v) is 18.2. The van der Waals surface area contributed by atoms with Gasteiger partial charge in [0.05, 0.1) is 18.5 Å². The summed E-state index contributed by atoms with van der Waals surface area (Å²) in [5.41, 5.74) is 4.13. The monoisotopic (exact) mass is 427 g/mol. The SMILES string of the molecule is O=C(CC1CCCCC1)Nc1ncc(-c2ccc(CO)cc2)nc1C=Cc1ccccc1. The minimum atomic E-state index is 0.000565. The molecule has 0 aliphatic heterocycles. The maximum atomic E-state index is 12.7. The number of carbonyl (C=O) groups is 1. The molecule has 1 aliphatic rings. The number of carbonyl (C=O) groups excluding carboxylic acids is 1. The molecule has 1 heterocycles. The van der Waals surface area contributed by atoms with E-state index in [1.807, 2.05) is 66.7 Å². The molecule has 0 unspecified atom stereocenters. The fraction of sp³-hybridized carbons (Fsp3) is 0.296. The number of benzene rings is 2. The molecule has 5 heteroatoms. The van der Waals surface area contributed by atoms with Gasteiger partial charge in [-0.2, -0.15) is 0 Å². The number of aromatic nitrogens is 2. The highest BCUT2D eigenvalue weighted by Gasteiger charge is 2.18. The molecule has 0 atom stereocenters. The second-order valence-corrected chi connectivity index (χ2v) is 8.34. The van der Waals surface area contributed by atoms with Crippen molar-refractivity contribution in [3.8, 4) is 11.3 Å². The van der Waals surface area contributed by atoms with Gasteiger partial charge in [-0.25, -0.2) is 9.97 Å². The quantitative estimate of drug-likeness (QED) is 0.506. The molecule has 1 saturated carbocycles. The van der Waals surface area contributed by atoms with Gasteiger partial charge in [0.1, 0.15) is 5.69 Å². The van der Waals surface area contributed by atoms with Gasteiger partial charge in [-0.3, -0.25) is 4.79 Å². The van der Waals surface area contributed by atoms with Crippen molar-refractivity contribution in [3.63, 3.8) is 0 Å². The molecule has 4 rings (SSSR count). The summed E-state index contributed by atoms with van der Waals surface area (Å²) < 4.78 is 0. The highest BCUT2D eigenvalue weighted by molar-refractivity contribution is 5.92. The van der Waals surface area contributed by atoms with E-state index in [-0.39, 0.29) is 12.5 Å². The lowest BCUT2D eigenvalue weighted by Gasteiger charge is -2.20. The number of rotatable bonds is 7. The topological polar surface area (TPSA) is 75.1 Å². The van der Waals surface area contributed by atoms with E-state index in [0.717, 1.165) is 29.5 Å². The van der Waals surface area contributed by atoms with Gasteiger partial charge < -0.3 is 10.4 Å². The molecule has 1 fully saturated rings. The first-order valence-corrected chi connectivity index (χ1v) is 11.3. The average molecular weight is 428 g/mol. The van der Waals surface area contributed by atoms with Crippen LogP contribution in [-0.2, 0) is 11.4 Å². The molecule has 164 valence electrons. The Hall–Kier alpha value is -3.31. The zero-order valence-electron chi connectivity index (χ0n) is 18.2. The number of aliphatic hydroxyl groups excluding tert-OH is 1. The van der Waals surface area contributed by atoms with E-state index in [1.54, 1.807) is 6.20 Å². The second-order valence-electron chi connectivity index (χ2n) is 8.34. The van der Waals surface area contributed by atoms with Crippen molar-refractivity contribution < 1.29 is 9.90 Å². The Balaban J connectivity index is 1.58. The van der Waals surface area contributed by atoms with Crippen LogP contribution in [0.3, 0.4) is 0 Å². The van der Waals surface area contributed by atoms with E-state index in [4.69, 9.17) is 4.98 Å². The van der Waals surface area contributed by atoms with Crippen LogP contribution >= 0.6 is 0 Å². The molecule has 5 nitrogen and oxygen atoms in total. The largest absolute Gasteiger partial charge is 0.392 e. The fourth-order valence-electron chi connectivity index (χ4n) is 4.11. The number of aliphatic hydroxyl groups is 1. The lowest BCUT2D eigenvalue weighted by atomic mass is 9.87. The normalized spacial score (nSPS) is 14.5. The number of nitrogens with one attached hydrogen (secondary N) is 1. The van der Waals surface area contributed by atoms with Gasteiger partial charge in [-0.1, -0.05) is 79.9 Å². The molecule has 2 N–H and O–H groups in total. The molecule has 3 aromatic rings. The standard InChI is InChI=1S/C27H29N3O2/c31-19-22-11-14-23(15-12-22)25-18-28-27(30-26(32)17-21-9-5-2-6-10-21)24(29-25)16-13-20-7-3-1-4-8-20/h1,3-4,7-8,11-16,18,21,31H,2,5-6,9-10,17,19H2,(H,28,30,32). The summed E-state index contributed by atoms with van der Waals surface area (Å²) in [5, 5.41) is 12.3. The van der Waals surface area contributed by atoms with Crippen LogP contribution in [0.5, 0.6) is 0 Å². The highest BCUT2D eigenvalue weighted by Crippen LogP contribution is 2.27. The van der Waals surface area contributed by atoms with E-state index >= 15 is 0 Å². The smallest absolute Gasteiger partial charge is 0.225 e. The molecular formula is C27H29N3O2. The van der Waals surface area contributed by atoms with E-state index in [1.165, 1.54) is 19.3 Å². The van der Waals surface area contributed by atoms with Crippen LogP contribution in [0.1, 0.15) is 55.3 Å². The van der Waals surface area contributed by atoms with E-state index in [2.05, 4.69) is 10.3 Å². The summed E-state index contributed by atoms with van der Waals surface area (Å²) in [5.74, 6) is 0.943. The molecule has 1 aromatic heterocycles. The average Bonchev–Trinajstić information content (AvgIpc) is 2.84. The van der Waals surface area contributed by atoms with Gasteiger partial charge >= 0.3 is 0 Å². The Labute approximate surface area is 189 Å². The first kappa shape index (κ1) is 21.9. The summed E-state index contributed by atoms with van der Waals surface area (Å²) >= 11 is 0. The number of amides is 1. The summed E-state index contributed by atoms with van der Waals surface area (Å²) in [7, 11) is 0. The van der Waals surface area contributed by atoms with E-state index < -0.39 is 0 Å². The van der Waals surface area contributed by atoms with Gasteiger partial charge in [-0.05, 0) is 36.0 Å². The molecular weight excluding hydrogens is 398 g/mol. The first-order valence-electron chi connectivity index (χ1n) is 11.3. The van der Waals surface area contributed by atoms with Crippen molar-refractivity contribution >= 4 is 23.9 Å². The summed E-state index contributed by atoms with van der Waals surface area (Å²) in [6.45, 7) is 0.00296. The van der Waals surface area contributed by atoms with Crippen molar-refractivity contribution in [3.05, 3.63) is 77.6 Å².